The van der Waals surface area contributed by atoms with Crippen LogP contribution in [0.4, 0.5) is 17.5 Å². The largest absolute Gasteiger partial charge is 0.366 e. The summed E-state index contributed by atoms with van der Waals surface area (Å²) < 4.78 is 0. The van der Waals surface area contributed by atoms with Crippen molar-refractivity contribution < 1.29 is 0 Å². The molecule has 2 fully saturated rings. The molecule has 0 aromatic carbocycles. The van der Waals surface area contributed by atoms with Gasteiger partial charge in [0.1, 0.15) is 17.5 Å². The van der Waals surface area contributed by atoms with E-state index >= 15 is 0 Å². The first-order valence-electron chi connectivity index (χ1n) is 12.4. The maximum Gasteiger partial charge on any atom is 0.162 e. The van der Waals surface area contributed by atoms with E-state index in [2.05, 4.69) is 44.7 Å². The predicted molar refractivity (Wildman–Crippen MR) is 144 cm³/mol. The Morgan fingerprint density at radius 3 is 2.72 bits per heavy atom. The highest BCUT2D eigenvalue weighted by Gasteiger charge is 2.34. The predicted octanol–water partition coefficient (Wildman–Crippen LogP) is 5.56. The smallest absolute Gasteiger partial charge is 0.162 e. The maximum atomic E-state index is 6.28. The Morgan fingerprint density at radius 1 is 1.03 bits per heavy atom. The van der Waals surface area contributed by atoms with Crippen molar-refractivity contribution in [2.75, 3.05) is 23.7 Å². The molecule has 1 unspecified atom stereocenters. The second kappa shape index (κ2) is 9.26. The van der Waals surface area contributed by atoms with Crippen LogP contribution >= 0.6 is 11.6 Å². The number of nitrogens with zero attached hydrogens (tertiary/aromatic N) is 5. The lowest BCUT2D eigenvalue weighted by atomic mass is 9.80. The lowest BCUT2D eigenvalue weighted by Gasteiger charge is -2.40. The molecule has 1 saturated carbocycles. The fraction of sp³-hybridized carbons (Fsp3) is 0.370. The number of aromatic nitrogens is 5. The van der Waals surface area contributed by atoms with Gasteiger partial charge in [-0.1, -0.05) is 25.4 Å². The average Bonchev–Trinajstić information content (AvgIpc) is 3.72. The van der Waals surface area contributed by atoms with Crippen molar-refractivity contribution in [2.24, 2.45) is 5.41 Å². The molecule has 0 amide bonds. The highest BCUT2D eigenvalue weighted by molar-refractivity contribution is 6.33. The van der Waals surface area contributed by atoms with E-state index in [1.54, 1.807) is 24.5 Å². The van der Waals surface area contributed by atoms with Crippen LogP contribution in [0.1, 0.15) is 44.6 Å². The van der Waals surface area contributed by atoms with Crippen LogP contribution in [0.2, 0.25) is 5.02 Å². The van der Waals surface area contributed by atoms with E-state index in [9.17, 15) is 0 Å². The average molecular weight is 501 g/mol. The molecule has 3 N–H and O–H groups in total. The summed E-state index contributed by atoms with van der Waals surface area (Å²) in [6.07, 6.45) is 10.7. The van der Waals surface area contributed by atoms with Crippen LogP contribution in [0, 0.1) is 5.41 Å². The van der Waals surface area contributed by atoms with E-state index in [-0.39, 0.29) is 5.41 Å². The van der Waals surface area contributed by atoms with Gasteiger partial charge in [-0.25, -0.2) is 19.9 Å². The molecular formula is C27H29ClN8. The first-order chi connectivity index (χ1) is 17.5. The van der Waals surface area contributed by atoms with E-state index in [0.29, 0.717) is 34.4 Å². The first-order valence-corrected chi connectivity index (χ1v) is 12.8. The third kappa shape index (κ3) is 4.58. The van der Waals surface area contributed by atoms with Crippen LogP contribution < -0.4 is 16.0 Å². The van der Waals surface area contributed by atoms with Crippen molar-refractivity contribution in [2.45, 2.75) is 45.1 Å². The van der Waals surface area contributed by atoms with Crippen LogP contribution in [0.15, 0.2) is 49.1 Å². The Kier molecular flexibility index (Phi) is 5.93. The fourth-order valence-electron chi connectivity index (χ4n) is 4.89. The van der Waals surface area contributed by atoms with E-state index < -0.39 is 0 Å². The Hall–Kier alpha value is -3.36. The van der Waals surface area contributed by atoms with Crippen molar-refractivity contribution in [3.05, 3.63) is 59.6 Å². The van der Waals surface area contributed by atoms with Gasteiger partial charge >= 0.3 is 0 Å². The summed E-state index contributed by atoms with van der Waals surface area (Å²) in [4.78, 5) is 23.3. The number of nitrogens with one attached hydrogen (secondary N) is 3. The summed E-state index contributed by atoms with van der Waals surface area (Å²) >= 11 is 6.28. The molecule has 1 aliphatic carbocycles. The zero-order valence-electron chi connectivity index (χ0n) is 20.4. The van der Waals surface area contributed by atoms with Gasteiger partial charge in [-0.05, 0) is 67.0 Å². The SMILES string of the molecule is CC1(C)CNCCC1Nc1nc(-c2ccnc(Nc3ncccc3Cl)c2)nc2cncc(C3CC3)c12. The molecule has 0 spiro atoms. The molecule has 36 heavy (non-hydrogen) atoms. The summed E-state index contributed by atoms with van der Waals surface area (Å²) in [5.74, 6) is 3.23. The molecule has 2 aliphatic rings. The number of hydrogen-bond donors (Lipinski definition) is 3. The van der Waals surface area contributed by atoms with Gasteiger partial charge in [0.2, 0.25) is 0 Å². The molecule has 5 heterocycles. The van der Waals surface area contributed by atoms with Gasteiger partial charge in [-0.2, -0.15) is 0 Å². The molecular weight excluding hydrogens is 472 g/mol. The number of halogens is 1. The summed E-state index contributed by atoms with van der Waals surface area (Å²) in [6.45, 7) is 6.55. The van der Waals surface area contributed by atoms with Gasteiger partial charge in [0.15, 0.2) is 5.82 Å². The molecule has 8 nitrogen and oxygen atoms in total. The van der Waals surface area contributed by atoms with Crippen LogP contribution in [0.25, 0.3) is 22.3 Å². The van der Waals surface area contributed by atoms with E-state index in [0.717, 1.165) is 41.8 Å². The Labute approximate surface area is 215 Å². The van der Waals surface area contributed by atoms with Crippen molar-refractivity contribution in [1.29, 1.82) is 0 Å². The number of pyridine rings is 3. The molecule has 1 saturated heterocycles. The van der Waals surface area contributed by atoms with Gasteiger partial charge in [-0.15, -0.1) is 0 Å². The normalized spacial score (nSPS) is 19.2. The summed E-state index contributed by atoms with van der Waals surface area (Å²) in [5.41, 5.74) is 3.05. The maximum absolute atomic E-state index is 6.28. The highest BCUT2D eigenvalue weighted by atomic mass is 35.5. The highest BCUT2D eigenvalue weighted by Crippen LogP contribution is 2.44. The van der Waals surface area contributed by atoms with Gasteiger partial charge in [0.25, 0.3) is 0 Å². The van der Waals surface area contributed by atoms with Crippen LogP contribution in [0.5, 0.6) is 0 Å². The number of anilines is 3. The van der Waals surface area contributed by atoms with Crippen molar-refractivity contribution in [3.63, 3.8) is 0 Å². The van der Waals surface area contributed by atoms with Crippen molar-refractivity contribution in [3.8, 4) is 11.4 Å². The molecule has 4 aromatic heterocycles. The van der Waals surface area contributed by atoms with Gasteiger partial charge in [0, 0.05) is 42.1 Å². The van der Waals surface area contributed by atoms with Gasteiger partial charge in [-0.3, -0.25) is 4.98 Å². The Morgan fingerprint density at radius 2 is 1.92 bits per heavy atom. The Balaban J connectivity index is 1.42. The minimum Gasteiger partial charge on any atom is -0.366 e. The second-order valence-electron chi connectivity index (χ2n) is 10.3. The monoisotopic (exact) mass is 500 g/mol. The standard InChI is InChI=1S/C27H29ClN8/c1-27(2)15-29-10-8-21(27)34-26-23-18(16-5-6-16)13-30-14-20(23)33-24(36-26)17-7-11-31-22(12-17)35-25-19(28)4-3-9-32-25/h3-4,7,9,11-14,16,21,29H,5-6,8,10,15H2,1-2H3,(H,31,32,35)(H,33,34,36). The lowest BCUT2D eigenvalue weighted by molar-refractivity contribution is 0.236. The fourth-order valence-corrected chi connectivity index (χ4v) is 5.06. The summed E-state index contributed by atoms with van der Waals surface area (Å²) in [7, 11) is 0. The van der Waals surface area contributed by atoms with Gasteiger partial charge < -0.3 is 16.0 Å². The minimum absolute atomic E-state index is 0.0954. The van der Waals surface area contributed by atoms with E-state index in [1.807, 2.05) is 24.5 Å². The van der Waals surface area contributed by atoms with E-state index in [1.165, 1.54) is 18.4 Å². The first kappa shape index (κ1) is 23.1. The number of fused-ring (bicyclic) bond motifs is 1. The van der Waals surface area contributed by atoms with Crippen molar-refractivity contribution in [1.82, 2.24) is 30.2 Å². The number of hydrogen-bond acceptors (Lipinski definition) is 8. The zero-order chi connectivity index (χ0) is 24.7. The van der Waals surface area contributed by atoms with Crippen LogP contribution in [0.3, 0.4) is 0 Å². The summed E-state index contributed by atoms with van der Waals surface area (Å²) in [6, 6.07) is 7.72. The number of piperidine rings is 1. The van der Waals surface area contributed by atoms with Gasteiger partial charge in [0.05, 0.1) is 16.7 Å². The minimum atomic E-state index is 0.0954. The zero-order valence-corrected chi connectivity index (χ0v) is 21.2. The molecule has 184 valence electrons. The molecule has 0 bridgehead atoms. The quantitative estimate of drug-likeness (QED) is 0.316. The molecule has 0 radical (unpaired) electrons. The number of rotatable bonds is 6. The van der Waals surface area contributed by atoms with Crippen molar-refractivity contribution >= 4 is 40.0 Å². The van der Waals surface area contributed by atoms with Crippen LogP contribution in [-0.2, 0) is 0 Å². The second-order valence-corrected chi connectivity index (χ2v) is 10.7. The molecule has 6 rings (SSSR count). The topological polar surface area (TPSA) is 101 Å². The third-order valence-electron chi connectivity index (χ3n) is 7.12. The lowest BCUT2D eigenvalue weighted by Crippen LogP contribution is -2.49. The summed E-state index contributed by atoms with van der Waals surface area (Å²) in [5, 5.41) is 12.2. The molecule has 9 heteroatoms. The molecule has 1 aliphatic heterocycles. The van der Waals surface area contributed by atoms with E-state index in [4.69, 9.17) is 21.6 Å². The third-order valence-corrected chi connectivity index (χ3v) is 7.43. The Bertz CT molecular complexity index is 1420. The van der Waals surface area contributed by atoms with Crippen LogP contribution in [-0.4, -0.2) is 44.1 Å². The molecule has 1 atom stereocenters. The molecule has 4 aromatic rings.